The predicted octanol–water partition coefficient (Wildman–Crippen LogP) is 2.78. The molecule has 0 aromatic heterocycles. The van der Waals surface area contributed by atoms with E-state index in [9.17, 15) is 0 Å². The van der Waals surface area contributed by atoms with Gasteiger partial charge in [0, 0.05) is 0 Å². The quantitative estimate of drug-likeness (QED) is 0.336. The molecule has 1 aliphatic rings. The van der Waals surface area contributed by atoms with Crippen LogP contribution in [-0.4, -0.2) is 12.5 Å². The van der Waals surface area contributed by atoms with E-state index >= 15 is 0 Å². The van der Waals surface area contributed by atoms with Gasteiger partial charge in [0.1, 0.15) is 5.56 Å². The van der Waals surface area contributed by atoms with Crippen LogP contribution in [0.25, 0.3) is 0 Å². The Labute approximate surface area is 69.8 Å². The molecule has 9 heavy (non-hydrogen) atoms. The van der Waals surface area contributed by atoms with Crippen LogP contribution in [0.2, 0.25) is 6.04 Å². The highest BCUT2D eigenvalue weighted by molar-refractivity contribution is 7.42. The van der Waals surface area contributed by atoms with E-state index in [0.717, 1.165) is 18.9 Å². The lowest BCUT2D eigenvalue weighted by Crippen LogP contribution is -2.32. The van der Waals surface area contributed by atoms with Crippen LogP contribution >= 0.6 is 33.8 Å². The molecular formula is C4H7Cl3OSi. The van der Waals surface area contributed by atoms with Crippen LogP contribution in [0.15, 0.2) is 0 Å². The topological polar surface area (TPSA) is 9.23 Å². The van der Waals surface area contributed by atoms with Crippen molar-refractivity contribution in [1.29, 1.82) is 0 Å². The van der Waals surface area contributed by atoms with E-state index in [1.165, 1.54) is 0 Å². The van der Waals surface area contributed by atoms with E-state index in [2.05, 4.69) is 0 Å². The highest BCUT2D eigenvalue weighted by atomic mass is 35.7. The minimum absolute atomic E-state index is 0.250. The van der Waals surface area contributed by atoms with E-state index in [4.69, 9.17) is 38.2 Å². The molecular weight excluding hydrogens is 198 g/mol. The Morgan fingerprint density at radius 3 is 2.44 bits per heavy atom. The van der Waals surface area contributed by atoms with E-state index in [0.29, 0.717) is 0 Å². The minimum Gasteiger partial charge on any atom is -0.375 e. The van der Waals surface area contributed by atoms with Crippen molar-refractivity contribution in [3.63, 3.8) is 0 Å². The smallest absolute Gasteiger partial charge is 0.375 e. The van der Waals surface area contributed by atoms with Crippen LogP contribution in [0.5, 0.6) is 0 Å². The molecule has 0 spiro atoms. The zero-order chi connectivity index (χ0) is 6.91. The number of hydrogen-bond donors (Lipinski definition) is 0. The summed E-state index contributed by atoms with van der Waals surface area (Å²) in [6, 6.07) is 0.805. The van der Waals surface area contributed by atoms with Crippen molar-refractivity contribution in [1.82, 2.24) is 0 Å². The summed E-state index contributed by atoms with van der Waals surface area (Å²) in [6.07, 6.45) is 1.86. The summed E-state index contributed by atoms with van der Waals surface area (Å²) in [6.45, 7) is -2.34. The molecule has 1 heterocycles. The average Bonchev–Trinajstić information content (AvgIpc) is 1.60. The first-order valence-corrected chi connectivity index (χ1v) is 7.37. The van der Waals surface area contributed by atoms with Gasteiger partial charge in [-0.15, -0.1) is 22.2 Å². The van der Waals surface area contributed by atoms with Crippen molar-refractivity contribution in [2.75, 3.05) is 0 Å². The fourth-order valence-electron chi connectivity index (χ4n) is 0.773. The fourth-order valence-corrected chi connectivity index (χ4v) is 4.33. The molecule has 54 valence electrons. The van der Waals surface area contributed by atoms with Gasteiger partial charge < -0.3 is 4.43 Å². The van der Waals surface area contributed by atoms with Gasteiger partial charge >= 0.3 is 6.94 Å². The summed E-state index contributed by atoms with van der Waals surface area (Å²) in [7, 11) is 0. The van der Waals surface area contributed by atoms with Gasteiger partial charge in [0.25, 0.3) is 0 Å². The molecule has 0 radical (unpaired) electrons. The number of hydrogen-bond acceptors (Lipinski definition) is 1. The minimum atomic E-state index is -2.34. The normalized spacial score (nSPS) is 34.3. The van der Waals surface area contributed by atoms with Crippen molar-refractivity contribution in [2.24, 2.45) is 0 Å². The Bertz CT molecular complexity index is 108. The predicted molar refractivity (Wildman–Crippen MR) is 42.2 cm³/mol. The van der Waals surface area contributed by atoms with Crippen LogP contribution in [0, 0.1) is 0 Å². The summed E-state index contributed by atoms with van der Waals surface area (Å²) in [5, 5.41) is 0. The van der Waals surface area contributed by atoms with Crippen molar-refractivity contribution in [3.05, 3.63) is 0 Å². The number of rotatable bonds is 0. The molecule has 1 nitrogen and oxygen atoms in total. The van der Waals surface area contributed by atoms with Gasteiger partial charge in [-0.05, 0) is 18.9 Å². The first-order chi connectivity index (χ1) is 4.10. The maximum Gasteiger partial charge on any atom is 0.390 e. The van der Waals surface area contributed by atoms with Crippen LogP contribution in [0.1, 0.15) is 12.8 Å². The molecule has 1 unspecified atom stereocenters. The van der Waals surface area contributed by atoms with Crippen LogP contribution in [-0.2, 0) is 4.43 Å². The Kier molecular flexibility index (Phi) is 2.69. The van der Waals surface area contributed by atoms with Crippen LogP contribution < -0.4 is 0 Å². The van der Waals surface area contributed by atoms with Crippen molar-refractivity contribution >= 4 is 40.7 Å². The second-order valence-electron chi connectivity index (χ2n) is 2.06. The first-order valence-electron chi connectivity index (χ1n) is 2.80. The molecule has 1 fully saturated rings. The van der Waals surface area contributed by atoms with Crippen molar-refractivity contribution < 1.29 is 4.43 Å². The van der Waals surface area contributed by atoms with Gasteiger partial charge in [-0.2, -0.15) is 0 Å². The van der Waals surface area contributed by atoms with Gasteiger partial charge in [-0.25, -0.2) is 0 Å². The Morgan fingerprint density at radius 1 is 1.44 bits per heavy atom. The standard InChI is InChI=1S/C4H7Cl3OSi/c5-4-2-1-3-9(6,7)8-4/h4H,1-3H2. The van der Waals surface area contributed by atoms with E-state index in [1.54, 1.807) is 0 Å². The lowest BCUT2D eigenvalue weighted by molar-refractivity contribution is 0.252. The van der Waals surface area contributed by atoms with Gasteiger partial charge in [-0.3, -0.25) is 0 Å². The zero-order valence-electron chi connectivity index (χ0n) is 4.74. The molecule has 0 aromatic rings. The third-order valence-corrected chi connectivity index (χ3v) is 4.89. The lowest BCUT2D eigenvalue weighted by Gasteiger charge is -2.26. The molecule has 1 saturated heterocycles. The van der Waals surface area contributed by atoms with Crippen molar-refractivity contribution in [2.45, 2.75) is 24.4 Å². The number of halogens is 3. The second kappa shape index (κ2) is 2.97. The summed E-state index contributed by atoms with van der Waals surface area (Å²) >= 11 is 17.2. The third kappa shape index (κ3) is 2.64. The van der Waals surface area contributed by atoms with Gasteiger partial charge in [0.2, 0.25) is 0 Å². The third-order valence-electron chi connectivity index (χ3n) is 1.20. The van der Waals surface area contributed by atoms with Crippen LogP contribution in [0.3, 0.4) is 0 Å². The Balaban J connectivity index is 2.41. The highest BCUT2D eigenvalue weighted by Crippen LogP contribution is 2.33. The molecule has 1 atom stereocenters. The molecule has 0 bridgehead atoms. The largest absolute Gasteiger partial charge is 0.390 e. The number of alkyl halides is 1. The summed E-state index contributed by atoms with van der Waals surface area (Å²) < 4.78 is 5.11. The zero-order valence-corrected chi connectivity index (χ0v) is 8.01. The van der Waals surface area contributed by atoms with E-state index in [-0.39, 0.29) is 5.56 Å². The highest BCUT2D eigenvalue weighted by Gasteiger charge is 2.36. The fraction of sp³-hybridized carbons (Fsp3) is 1.00. The van der Waals surface area contributed by atoms with Crippen LogP contribution in [0.4, 0.5) is 0 Å². The molecule has 0 saturated carbocycles. The molecule has 0 N–H and O–H groups in total. The molecule has 0 aromatic carbocycles. The molecule has 5 heteroatoms. The maximum atomic E-state index is 5.76. The van der Waals surface area contributed by atoms with Crippen molar-refractivity contribution in [3.8, 4) is 0 Å². The average molecular weight is 206 g/mol. The monoisotopic (exact) mass is 204 g/mol. The van der Waals surface area contributed by atoms with Gasteiger partial charge in [0.15, 0.2) is 0 Å². The Hall–Kier alpha value is 1.05. The molecule has 1 aliphatic heterocycles. The van der Waals surface area contributed by atoms with E-state index < -0.39 is 6.94 Å². The molecule has 0 amide bonds. The lowest BCUT2D eigenvalue weighted by atomic mass is 10.3. The van der Waals surface area contributed by atoms with E-state index in [1.807, 2.05) is 0 Å². The first kappa shape index (κ1) is 8.15. The second-order valence-corrected chi connectivity index (χ2v) is 8.80. The maximum absolute atomic E-state index is 5.76. The summed E-state index contributed by atoms with van der Waals surface area (Å²) in [4.78, 5) is 0. The SMILES string of the molecule is ClC1CCC[Si](Cl)(Cl)O1. The molecule has 1 rings (SSSR count). The van der Waals surface area contributed by atoms with Gasteiger partial charge in [0.05, 0.1) is 0 Å². The summed E-state index contributed by atoms with van der Waals surface area (Å²) in [5.74, 6) is 0. The Morgan fingerprint density at radius 2 is 2.11 bits per heavy atom. The summed E-state index contributed by atoms with van der Waals surface area (Å²) in [5.41, 5.74) is -0.250. The van der Waals surface area contributed by atoms with Gasteiger partial charge in [-0.1, -0.05) is 11.6 Å². The molecule has 0 aliphatic carbocycles.